The number of carbonyl (C=O) groups is 2. The predicted molar refractivity (Wildman–Crippen MR) is 53.8 cm³/mol. The van der Waals surface area contributed by atoms with Crippen LogP contribution in [0.1, 0.15) is 5.56 Å². The lowest BCUT2D eigenvalue weighted by molar-refractivity contribution is -0.135. The second-order valence-electron chi connectivity index (χ2n) is 2.99. The first kappa shape index (κ1) is 11.2. The molecule has 80 valence electrons. The van der Waals surface area contributed by atoms with E-state index in [0.717, 1.165) is 0 Å². The van der Waals surface area contributed by atoms with E-state index < -0.39 is 11.8 Å². The summed E-state index contributed by atoms with van der Waals surface area (Å²) < 4.78 is 12.7. The highest BCUT2D eigenvalue weighted by molar-refractivity contribution is 6.39. The smallest absolute Gasteiger partial charge is 0.313 e. The van der Waals surface area contributed by atoms with E-state index in [-0.39, 0.29) is 5.82 Å². The summed E-state index contributed by atoms with van der Waals surface area (Å²) in [5, 5.41) is 4.56. The van der Waals surface area contributed by atoms with E-state index in [2.05, 4.69) is 10.6 Å². The third-order valence-electron chi connectivity index (χ3n) is 1.87. The van der Waals surface area contributed by atoms with Gasteiger partial charge in [-0.2, -0.15) is 0 Å². The van der Waals surface area contributed by atoms with E-state index in [1.807, 2.05) is 0 Å². The van der Waals surface area contributed by atoms with Gasteiger partial charge in [0.15, 0.2) is 0 Å². The fourth-order valence-electron chi connectivity index (χ4n) is 1.06. The average molecular weight is 210 g/mol. The van der Waals surface area contributed by atoms with Gasteiger partial charge in [0.2, 0.25) is 0 Å². The summed E-state index contributed by atoms with van der Waals surface area (Å²) in [6.07, 6.45) is 0. The van der Waals surface area contributed by atoms with Gasteiger partial charge in [-0.25, -0.2) is 4.39 Å². The molecule has 0 aliphatic carbocycles. The standard InChI is InChI=1S/C10H11FN2O2/c1-6-5-7(11)3-4-8(6)13-10(15)9(14)12-2/h3-5H,1-2H3,(H,12,14)(H,13,15). The fourth-order valence-corrected chi connectivity index (χ4v) is 1.06. The molecule has 0 saturated carbocycles. The quantitative estimate of drug-likeness (QED) is 0.674. The molecule has 5 heteroatoms. The lowest BCUT2D eigenvalue weighted by Gasteiger charge is -2.06. The van der Waals surface area contributed by atoms with Crippen LogP contribution in [0, 0.1) is 12.7 Å². The minimum Gasteiger partial charge on any atom is -0.351 e. The number of nitrogens with one attached hydrogen (secondary N) is 2. The molecule has 1 aromatic rings. The van der Waals surface area contributed by atoms with Crippen LogP contribution in [0.15, 0.2) is 18.2 Å². The van der Waals surface area contributed by atoms with E-state index in [1.165, 1.54) is 25.2 Å². The Balaban J connectivity index is 2.81. The molecule has 0 atom stereocenters. The molecule has 0 heterocycles. The van der Waals surface area contributed by atoms with Gasteiger partial charge in [0.25, 0.3) is 0 Å². The van der Waals surface area contributed by atoms with Crippen molar-refractivity contribution in [2.75, 3.05) is 12.4 Å². The maximum atomic E-state index is 12.7. The van der Waals surface area contributed by atoms with Crippen molar-refractivity contribution < 1.29 is 14.0 Å². The lowest BCUT2D eigenvalue weighted by atomic mass is 10.2. The summed E-state index contributed by atoms with van der Waals surface area (Å²) >= 11 is 0. The zero-order valence-corrected chi connectivity index (χ0v) is 8.43. The van der Waals surface area contributed by atoms with Crippen molar-refractivity contribution in [3.63, 3.8) is 0 Å². The highest BCUT2D eigenvalue weighted by Crippen LogP contribution is 2.15. The Hall–Kier alpha value is -1.91. The molecule has 0 saturated heterocycles. The number of benzene rings is 1. The molecule has 0 unspecified atom stereocenters. The molecule has 15 heavy (non-hydrogen) atoms. The van der Waals surface area contributed by atoms with Crippen molar-refractivity contribution in [3.05, 3.63) is 29.6 Å². The van der Waals surface area contributed by atoms with Gasteiger partial charge in [0.05, 0.1) is 0 Å². The maximum absolute atomic E-state index is 12.7. The molecule has 2 amide bonds. The van der Waals surface area contributed by atoms with Crippen LogP contribution >= 0.6 is 0 Å². The van der Waals surface area contributed by atoms with E-state index in [9.17, 15) is 14.0 Å². The fraction of sp³-hybridized carbons (Fsp3) is 0.200. The molecule has 0 aliphatic heterocycles. The van der Waals surface area contributed by atoms with Crippen LogP contribution in [-0.4, -0.2) is 18.9 Å². The van der Waals surface area contributed by atoms with Gasteiger partial charge in [-0.1, -0.05) is 0 Å². The molecule has 2 N–H and O–H groups in total. The Bertz CT molecular complexity index is 404. The number of halogens is 1. The lowest BCUT2D eigenvalue weighted by Crippen LogP contribution is -2.32. The highest BCUT2D eigenvalue weighted by Gasteiger charge is 2.12. The van der Waals surface area contributed by atoms with Gasteiger partial charge in [0.1, 0.15) is 5.82 Å². The van der Waals surface area contributed by atoms with Gasteiger partial charge < -0.3 is 10.6 Å². The summed E-state index contributed by atoms with van der Waals surface area (Å²) in [7, 11) is 1.36. The average Bonchev–Trinajstić information content (AvgIpc) is 2.20. The number of hydrogen-bond acceptors (Lipinski definition) is 2. The Morgan fingerprint density at radius 3 is 2.47 bits per heavy atom. The third-order valence-corrected chi connectivity index (χ3v) is 1.87. The van der Waals surface area contributed by atoms with Crippen molar-refractivity contribution in [3.8, 4) is 0 Å². The SMILES string of the molecule is CNC(=O)C(=O)Nc1ccc(F)cc1C. The normalized spacial score (nSPS) is 9.53. The van der Waals surface area contributed by atoms with E-state index >= 15 is 0 Å². The van der Waals surface area contributed by atoms with Crippen LogP contribution in [0.2, 0.25) is 0 Å². The molecule has 0 radical (unpaired) electrons. The van der Waals surface area contributed by atoms with Crippen LogP contribution in [-0.2, 0) is 9.59 Å². The van der Waals surface area contributed by atoms with Gasteiger partial charge in [-0.3, -0.25) is 9.59 Å². The zero-order valence-electron chi connectivity index (χ0n) is 8.43. The van der Waals surface area contributed by atoms with Crippen molar-refractivity contribution in [1.29, 1.82) is 0 Å². The van der Waals surface area contributed by atoms with Crippen LogP contribution < -0.4 is 10.6 Å². The molecule has 0 fully saturated rings. The van der Waals surface area contributed by atoms with Crippen LogP contribution in [0.25, 0.3) is 0 Å². The number of carbonyl (C=O) groups excluding carboxylic acids is 2. The number of rotatable bonds is 1. The van der Waals surface area contributed by atoms with Crippen LogP contribution in [0.5, 0.6) is 0 Å². The topological polar surface area (TPSA) is 58.2 Å². The van der Waals surface area contributed by atoms with Gasteiger partial charge >= 0.3 is 11.8 Å². The van der Waals surface area contributed by atoms with Gasteiger partial charge in [0, 0.05) is 12.7 Å². The first-order chi connectivity index (χ1) is 7.04. The molecule has 0 aliphatic rings. The molecule has 0 spiro atoms. The van der Waals surface area contributed by atoms with Crippen molar-refractivity contribution in [1.82, 2.24) is 5.32 Å². The molecule has 0 bridgehead atoms. The van der Waals surface area contributed by atoms with E-state index in [4.69, 9.17) is 0 Å². The zero-order chi connectivity index (χ0) is 11.4. The molecule has 1 aromatic carbocycles. The van der Waals surface area contributed by atoms with Gasteiger partial charge in [-0.05, 0) is 30.7 Å². The molecule has 0 aromatic heterocycles. The van der Waals surface area contributed by atoms with Crippen LogP contribution in [0.4, 0.5) is 10.1 Å². The Morgan fingerprint density at radius 2 is 1.93 bits per heavy atom. The highest BCUT2D eigenvalue weighted by atomic mass is 19.1. The van der Waals surface area contributed by atoms with Crippen LogP contribution in [0.3, 0.4) is 0 Å². The third kappa shape index (κ3) is 2.77. The van der Waals surface area contributed by atoms with Crippen molar-refractivity contribution in [2.45, 2.75) is 6.92 Å². The Morgan fingerprint density at radius 1 is 1.27 bits per heavy atom. The largest absolute Gasteiger partial charge is 0.351 e. The molecular formula is C10H11FN2O2. The number of hydrogen-bond donors (Lipinski definition) is 2. The van der Waals surface area contributed by atoms with E-state index in [0.29, 0.717) is 11.3 Å². The molecule has 1 rings (SSSR count). The maximum Gasteiger partial charge on any atom is 0.313 e. The Labute approximate surface area is 86.5 Å². The monoisotopic (exact) mass is 210 g/mol. The van der Waals surface area contributed by atoms with Crippen molar-refractivity contribution >= 4 is 17.5 Å². The number of likely N-dealkylation sites (N-methyl/N-ethyl adjacent to an activating group) is 1. The minimum atomic E-state index is -0.771. The minimum absolute atomic E-state index is 0.384. The van der Waals surface area contributed by atoms with Gasteiger partial charge in [-0.15, -0.1) is 0 Å². The summed E-state index contributed by atoms with van der Waals surface area (Å²) in [4.78, 5) is 22.1. The second-order valence-corrected chi connectivity index (χ2v) is 2.99. The predicted octanol–water partition coefficient (Wildman–Crippen LogP) is 0.819. The van der Waals surface area contributed by atoms with Crippen molar-refractivity contribution in [2.24, 2.45) is 0 Å². The summed E-state index contributed by atoms with van der Waals surface area (Å²) in [5.41, 5.74) is 0.984. The first-order valence-electron chi connectivity index (χ1n) is 4.34. The number of amides is 2. The second kappa shape index (κ2) is 4.54. The number of aryl methyl sites for hydroxylation is 1. The van der Waals surface area contributed by atoms with E-state index in [1.54, 1.807) is 6.92 Å². The Kier molecular flexibility index (Phi) is 3.38. The molecule has 4 nitrogen and oxygen atoms in total. The number of anilines is 1. The summed E-state index contributed by atoms with van der Waals surface area (Å²) in [6, 6.07) is 3.90. The summed E-state index contributed by atoms with van der Waals surface area (Å²) in [6.45, 7) is 1.64. The molecular weight excluding hydrogens is 199 g/mol. The summed E-state index contributed by atoms with van der Waals surface area (Å²) in [5.74, 6) is -1.89. The first-order valence-corrected chi connectivity index (χ1v) is 4.34.